The number of esters is 1. The summed E-state index contributed by atoms with van der Waals surface area (Å²) in [5.41, 5.74) is 1.41. The second-order valence-electron chi connectivity index (χ2n) is 8.59. The first-order chi connectivity index (χ1) is 16.9. The van der Waals surface area contributed by atoms with Gasteiger partial charge in [-0.25, -0.2) is 0 Å². The number of furan rings is 1. The molecule has 188 valence electrons. The number of rotatable bonds is 10. The molecule has 0 unspecified atom stereocenters. The zero-order valence-corrected chi connectivity index (χ0v) is 20.2. The molecule has 1 aromatic heterocycles. The van der Waals surface area contributed by atoms with E-state index >= 15 is 0 Å². The number of hydrogen-bond donors (Lipinski definition) is 2. The van der Waals surface area contributed by atoms with Crippen molar-refractivity contribution >= 4 is 23.7 Å². The average molecular weight is 484 g/mol. The van der Waals surface area contributed by atoms with Crippen LogP contribution >= 0.6 is 0 Å². The minimum Gasteiger partial charge on any atom is -0.465 e. The Morgan fingerprint density at radius 2 is 1.83 bits per heavy atom. The fraction of sp³-hybridized carbons (Fsp3) is 0.462. The molecule has 1 aromatic carbocycles. The average Bonchev–Trinajstić information content (AvgIpc) is 3.39. The molecule has 1 aliphatic rings. The number of aryl methyl sites for hydroxylation is 1. The normalized spacial score (nSPS) is 14.6. The van der Waals surface area contributed by atoms with E-state index in [2.05, 4.69) is 10.6 Å². The summed E-state index contributed by atoms with van der Waals surface area (Å²) in [6, 6.07) is 9.24. The molecular weight excluding hydrogens is 450 g/mol. The van der Waals surface area contributed by atoms with E-state index < -0.39 is 36.9 Å². The van der Waals surface area contributed by atoms with Gasteiger partial charge in [0.05, 0.1) is 19.4 Å². The van der Waals surface area contributed by atoms with Crippen LogP contribution in [0.5, 0.6) is 0 Å². The van der Waals surface area contributed by atoms with Crippen LogP contribution in [0.1, 0.15) is 66.8 Å². The lowest BCUT2D eigenvalue weighted by atomic mass is 9.94. The van der Waals surface area contributed by atoms with Gasteiger partial charge in [-0.15, -0.1) is 0 Å². The molecule has 1 aliphatic carbocycles. The van der Waals surface area contributed by atoms with Gasteiger partial charge in [0.1, 0.15) is 12.6 Å². The van der Waals surface area contributed by atoms with Crippen molar-refractivity contribution in [1.82, 2.24) is 15.5 Å². The highest BCUT2D eigenvalue weighted by Gasteiger charge is 2.35. The molecule has 35 heavy (non-hydrogen) atoms. The van der Waals surface area contributed by atoms with Crippen molar-refractivity contribution in [1.29, 1.82) is 0 Å². The Balaban J connectivity index is 1.88. The van der Waals surface area contributed by atoms with Crippen molar-refractivity contribution in [2.24, 2.45) is 0 Å². The molecule has 2 aromatic rings. The Hall–Kier alpha value is -3.62. The van der Waals surface area contributed by atoms with Crippen molar-refractivity contribution in [3.8, 4) is 0 Å². The molecule has 0 saturated heterocycles. The fourth-order valence-electron chi connectivity index (χ4n) is 4.29. The van der Waals surface area contributed by atoms with Gasteiger partial charge < -0.3 is 24.7 Å². The maximum absolute atomic E-state index is 13.6. The molecule has 0 aliphatic heterocycles. The predicted molar refractivity (Wildman–Crippen MR) is 128 cm³/mol. The van der Waals surface area contributed by atoms with E-state index in [9.17, 15) is 19.2 Å². The van der Waals surface area contributed by atoms with Crippen LogP contribution < -0.4 is 10.6 Å². The van der Waals surface area contributed by atoms with E-state index in [1.807, 2.05) is 19.1 Å². The maximum atomic E-state index is 13.6. The summed E-state index contributed by atoms with van der Waals surface area (Å²) in [5.74, 6) is -2.10. The third-order valence-electron chi connectivity index (χ3n) is 6.06. The molecule has 0 bridgehead atoms. The molecule has 3 rings (SSSR count). The van der Waals surface area contributed by atoms with Crippen LogP contribution in [0.4, 0.5) is 0 Å². The summed E-state index contributed by atoms with van der Waals surface area (Å²) < 4.78 is 10.2. The molecule has 1 fully saturated rings. The van der Waals surface area contributed by atoms with E-state index in [1.165, 1.54) is 17.2 Å². The second-order valence-corrected chi connectivity index (χ2v) is 8.59. The van der Waals surface area contributed by atoms with Crippen molar-refractivity contribution in [3.63, 3.8) is 0 Å². The Morgan fingerprint density at radius 1 is 1.09 bits per heavy atom. The van der Waals surface area contributed by atoms with Gasteiger partial charge >= 0.3 is 5.97 Å². The SMILES string of the molecule is CCOC(=O)CN(C(=O)CNC(=O)c1ccco1)[C@H](C(=O)NC1CCCCC1)c1ccccc1C. The highest BCUT2D eigenvalue weighted by atomic mass is 16.5. The molecule has 2 N–H and O–H groups in total. The lowest BCUT2D eigenvalue weighted by molar-refractivity contribution is -0.152. The van der Waals surface area contributed by atoms with Gasteiger partial charge in [-0.3, -0.25) is 19.2 Å². The van der Waals surface area contributed by atoms with Gasteiger partial charge in [-0.1, -0.05) is 43.5 Å². The fourth-order valence-corrected chi connectivity index (χ4v) is 4.29. The first kappa shape index (κ1) is 26.0. The standard InChI is InChI=1S/C26H33N3O6/c1-3-34-23(31)17-29(22(30)16-27-25(32)21-14-9-15-35-21)24(20-13-8-7-10-18(20)2)26(33)28-19-11-5-4-6-12-19/h7-10,13-15,19,24H,3-6,11-12,16-17H2,1-2H3,(H,27,32)(H,28,33)/t24-/m0/s1. The maximum Gasteiger partial charge on any atom is 0.325 e. The van der Waals surface area contributed by atoms with Crippen LogP contribution in [-0.4, -0.2) is 54.3 Å². The number of benzene rings is 1. The zero-order chi connectivity index (χ0) is 25.2. The number of carbonyl (C=O) groups is 4. The second kappa shape index (κ2) is 12.7. The van der Waals surface area contributed by atoms with Crippen LogP contribution in [0, 0.1) is 6.92 Å². The number of nitrogens with one attached hydrogen (secondary N) is 2. The Morgan fingerprint density at radius 3 is 2.49 bits per heavy atom. The lowest BCUT2D eigenvalue weighted by Gasteiger charge is -2.33. The number of nitrogens with zero attached hydrogens (tertiary/aromatic N) is 1. The van der Waals surface area contributed by atoms with Crippen molar-refractivity contribution < 1.29 is 28.3 Å². The van der Waals surface area contributed by atoms with Gasteiger partial charge in [-0.2, -0.15) is 0 Å². The summed E-state index contributed by atoms with van der Waals surface area (Å²) in [7, 11) is 0. The summed E-state index contributed by atoms with van der Waals surface area (Å²) in [5, 5.41) is 5.59. The molecule has 1 heterocycles. The predicted octanol–water partition coefficient (Wildman–Crippen LogP) is 2.90. The van der Waals surface area contributed by atoms with E-state index in [0.717, 1.165) is 37.7 Å². The summed E-state index contributed by atoms with van der Waals surface area (Å²) >= 11 is 0. The Kier molecular flexibility index (Phi) is 9.46. The molecular formula is C26H33N3O6. The highest BCUT2D eigenvalue weighted by molar-refractivity contribution is 5.96. The van der Waals surface area contributed by atoms with Crippen molar-refractivity contribution in [3.05, 3.63) is 59.5 Å². The summed E-state index contributed by atoms with van der Waals surface area (Å²) in [4.78, 5) is 52.9. The number of hydrogen-bond acceptors (Lipinski definition) is 6. The monoisotopic (exact) mass is 483 g/mol. The number of amides is 3. The molecule has 9 heteroatoms. The van der Waals surface area contributed by atoms with Gasteiger partial charge in [0, 0.05) is 6.04 Å². The lowest BCUT2D eigenvalue weighted by Crippen LogP contribution is -2.51. The van der Waals surface area contributed by atoms with Crippen molar-refractivity contribution in [2.75, 3.05) is 19.7 Å². The highest BCUT2D eigenvalue weighted by Crippen LogP contribution is 2.26. The van der Waals surface area contributed by atoms with Gasteiger partial charge in [-0.05, 0) is 49.9 Å². The van der Waals surface area contributed by atoms with E-state index in [1.54, 1.807) is 25.1 Å². The largest absolute Gasteiger partial charge is 0.465 e. The van der Waals surface area contributed by atoms with Gasteiger partial charge in [0.25, 0.3) is 5.91 Å². The Bertz CT molecular complexity index is 1010. The van der Waals surface area contributed by atoms with Crippen LogP contribution in [0.25, 0.3) is 0 Å². The molecule has 9 nitrogen and oxygen atoms in total. The smallest absolute Gasteiger partial charge is 0.325 e. The minimum absolute atomic E-state index is 0.0148. The minimum atomic E-state index is -1.06. The zero-order valence-electron chi connectivity index (χ0n) is 20.2. The van der Waals surface area contributed by atoms with Crippen molar-refractivity contribution in [2.45, 2.75) is 58.0 Å². The van der Waals surface area contributed by atoms with E-state index in [0.29, 0.717) is 5.56 Å². The van der Waals surface area contributed by atoms with Gasteiger partial charge in [0.15, 0.2) is 5.76 Å². The van der Waals surface area contributed by atoms with E-state index in [-0.39, 0.29) is 24.3 Å². The first-order valence-electron chi connectivity index (χ1n) is 12.0. The summed E-state index contributed by atoms with van der Waals surface area (Å²) in [6.45, 7) is 2.81. The third-order valence-corrected chi connectivity index (χ3v) is 6.06. The van der Waals surface area contributed by atoms with Crippen LogP contribution in [0.3, 0.4) is 0 Å². The molecule has 3 amide bonds. The molecule has 1 atom stereocenters. The molecule has 0 spiro atoms. The molecule has 1 saturated carbocycles. The van der Waals surface area contributed by atoms with Crippen LogP contribution in [-0.2, 0) is 19.1 Å². The third kappa shape index (κ3) is 7.18. The summed E-state index contributed by atoms with van der Waals surface area (Å²) in [6.07, 6.45) is 6.30. The quantitative estimate of drug-likeness (QED) is 0.502. The number of ether oxygens (including phenoxy) is 1. The topological polar surface area (TPSA) is 118 Å². The molecule has 0 radical (unpaired) electrons. The van der Waals surface area contributed by atoms with Gasteiger partial charge in [0.2, 0.25) is 11.8 Å². The number of carbonyl (C=O) groups excluding carboxylic acids is 4. The van der Waals surface area contributed by atoms with E-state index in [4.69, 9.17) is 9.15 Å². The Labute approximate surface area is 205 Å². The van der Waals surface area contributed by atoms with Crippen LogP contribution in [0.15, 0.2) is 47.1 Å². The van der Waals surface area contributed by atoms with Crippen LogP contribution in [0.2, 0.25) is 0 Å². The first-order valence-corrected chi connectivity index (χ1v) is 12.0.